The fourth-order valence-corrected chi connectivity index (χ4v) is 2.18. The van der Waals surface area contributed by atoms with Crippen LogP contribution in [-0.2, 0) is 11.2 Å². The summed E-state index contributed by atoms with van der Waals surface area (Å²) < 4.78 is 13.3. The molecule has 0 saturated carbocycles. The van der Waals surface area contributed by atoms with Gasteiger partial charge in [0.15, 0.2) is 0 Å². The van der Waals surface area contributed by atoms with Crippen molar-refractivity contribution in [1.29, 1.82) is 0 Å². The molecule has 2 aromatic rings. The van der Waals surface area contributed by atoms with Crippen LogP contribution in [0.3, 0.4) is 0 Å². The molecule has 0 aliphatic heterocycles. The molecule has 0 saturated heterocycles. The number of carbonyl (C=O) groups excluding carboxylic acids is 1. The summed E-state index contributed by atoms with van der Waals surface area (Å²) in [5, 5.41) is 0. The lowest BCUT2D eigenvalue weighted by molar-refractivity contribution is -0.117. The Morgan fingerprint density at radius 3 is 2.50 bits per heavy atom. The third-order valence-electron chi connectivity index (χ3n) is 3.03. The van der Waals surface area contributed by atoms with Crippen LogP contribution in [0.15, 0.2) is 53.4 Å². The molecule has 0 aliphatic carbocycles. The fourth-order valence-electron chi connectivity index (χ4n) is 2.03. The molecule has 0 unspecified atom stereocenters. The molecule has 20 heavy (non-hydrogen) atoms. The van der Waals surface area contributed by atoms with Gasteiger partial charge >= 0.3 is 0 Å². The Morgan fingerprint density at radius 2 is 1.90 bits per heavy atom. The van der Waals surface area contributed by atoms with Crippen LogP contribution in [0.4, 0.5) is 10.1 Å². The Morgan fingerprint density at radius 1 is 1.20 bits per heavy atom. The molecule has 0 aliphatic rings. The first-order valence-corrected chi connectivity index (χ1v) is 6.88. The molecule has 2 nitrogen and oxygen atoms in total. The second-order valence-electron chi connectivity index (χ2n) is 4.46. The van der Waals surface area contributed by atoms with E-state index in [9.17, 15) is 9.18 Å². The lowest BCUT2D eigenvalue weighted by Gasteiger charge is -2.21. The molecule has 0 bridgehead atoms. The number of thiol groups is 1. The van der Waals surface area contributed by atoms with Gasteiger partial charge < -0.3 is 4.90 Å². The highest BCUT2D eigenvalue weighted by atomic mass is 32.1. The van der Waals surface area contributed by atoms with Crippen molar-refractivity contribution in [1.82, 2.24) is 0 Å². The van der Waals surface area contributed by atoms with Gasteiger partial charge in [0.1, 0.15) is 5.82 Å². The van der Waals surface area contributed by atoms with E-state index in [4.69, 9.17) is 0 Å². The van der Waals surface area contributed by atoms with Gasteiger partial charge in [0, 0.05) is 17.1 Å². The number of nitrogens with zero attached hydrogens (tertiary/aromatic N) is 1. The summed E-state index contributed by atoms with van der Waals surface area (Å²) >= 11 is 4.21. The second kappa shape index (κ2) is 6.57. The quantitative estimate of drug-likeness (QED) is 0.851. The first kappa shape index (κ1) is 14.6. The van der Waals surface area contributed by atoms with Gasteiger partial charge in [0.05, 0.1) is 6.42 Å². The standard InChI is InChI=1S/C16H16FNOS/c1-2-18(14-5-3-4-13(17)11-14)16(19)10-12-6-8-15(20)9-7-12/h3-9,11,20H,2,10H2,1H3. The molecule has 0 fully saturated rings. The lowest BCUT2D eigenvalue weighted by atomic mass is 10.1. The molecule has 0 atom stereocenters. The number of anilines is 1. The number of carbonyl (C=O) groups is 1. The predicted octanol–water partition coefficient (Wildman–Crippen LogP) is 3.71. The molecule has 2 aromatic carbocycles. The molecule has 2 rings (SSSR count). The molecule has 104 valence electrons. The monoisotopic (exact) mass is 289 g/mol. The number of rotatable bonds is 4. The van der Waals surface area contributed by atoms with E-state index in [1.54, 1.807) is 17.0 Å². The van der Waals surface area contributed by atoms with Gasteiger partial charge in [-0.3, -0.25) is 4.79 Å². The van der Waals surface area contributed by atoms with Crippen molar-refractivity contribution in [2.24, 2.45) is 0 Å². The molecule has 0 heterocycles. The third-order valence-corrected chi connectivity index (χ3v) is 3.33. The topological polar surface area (TPSA) is 20.3 Å². The first-order chi connectivity index (χ1) is 9.60. The van der Waals surface area contributed by atoms with E-state index in [1.807, 2.05) is 31.2 Å². The van der Waals surface area contributed by atoms with Gasteiger partial charge in [-0.1, -0.05) is 18.2 Å². The van der Waals surface area contributed by atoms with E-state index in [1.165, 1.54) is 12.1 Å². The molecular weight excluding hydrogens is 273 g/mol. The van der Waals surface area contributed by atoms with E-state index < -0.39 is 0 Å². The van der Waals surface area contributed by atoms with Crippen LogP contribution in [0.5, 0.6) is 0 Å². The highest BCUT2D eigenvalue weighted by Gasteiger charge is 2.14. The smallest absolute Gasteiger partial charge is 0.231 e. The van der Waals surface area contributed by atoms with Crippen molar-refractivity contribution in [2.75, 3.05) is 11.4 Å². The zero-order chi connectivity index (χ0) is 14.5. The number of hydrogen-bond acceptors (Lipinski definition) is 2. The van der Waals surface area contributed by atoms with Crippen LogP contribution >= 0.6 is 12.6 Å². The summed E-state index contributed by atoms with van der Waals surface area (Å²) in [6.45, 7) is 2.38. The molecule has 0 aromatic heterocycles. The van der Waals surface area contributed by atoms with Crippen molar-refractivity contribution < 1.29 is 9.18 Å². The third kappa shape index (κ3) is 3.61. The van der Waals surface area contributed by atoms with Crippen molar-refractivity contribution >= 4 is 24.2 Å². The van der Waals surface area contributed by atoms with Crippen molar-refractivity contribution in [2.45, 2.75) is 18.2 Å². The summed E-state index contributed by atoms with van der Waals surface area (Å²) in [5.74, 6) is -0.391. The predicted molar refractivity (Wildman–Crippen MR) is 81.8 cm³/mol. The maximum Gasteiger partial charge on any atom is 0.231 e. The zero-order valence-electron chi connectivity index (χ0n) is 11.2. The second-order valence-corrected chi connectivity index (χ2v) is 4.98. The Balaban J connectivity index is 2.15. The zero-order valence-corrected chi connectivity index (χ0v) is 12.1. The molecule has 1 amide bonds. The van der Waals surface area contributed by atoms with Gasteiger partial charge in [-0.2, -0.15) is 0 Å². The summed E-state index contributed by atoms with van der Waals surface area (Å²) in [4.78, 5) is 14.8. The first-order valence-electron chi connectivity index (χ1n) is 6.44. The Kier molecular flexibility index (Phi) is 4.79. The Hall–Kier alpha value is -1.81. The summed E-state index contributed by atoms with van der Waals surface area (Å²) in [7, 11) is 0. The molecule has 0 radical (unpaired) electrons. The van der Waals surface area contributed by atoms with E-state index in [0.29, 0.717) is 18.7 Å². The average Bonchev–Trinajstić information content (AvgIpc) is 2.42. The maximum atomic E-state index is 13.3. The average molecular weight is 289 g/mol. The SMILES string of the molecule is CCN(C(=O)Cc1ccc(S)cc1)c1cccc(F)c1. The summed E-state index contributed by atoms with van der Waals surface area (Å²) in [6.07, 6.45) is 0.290. The fraction of sp³-hybridized carbons (Fsp3) is 0.188. The minimum Gasteiger partial charge on any atom is -0.312 e. The van der Waals surface area contributed by atoms with E-state index in [-0.39, 0.29) is 11.7 Å². The Labute approximate surface area is 123 Å². The van der Waals surface area contributed by atoms with Crippen LogP contribution in [0.2, 0.25) is 0 Å². The molecule has 4 heteroatoms. The molecule has 0 N–H and O–H groups in total. The minimum absolute atomic E-state index is 0.0509. The lowest BCUT2D eigenvalue weighted by Crippen LogP contribution is -2.32. The maximum absolute atomic E-state index is 13.3. The number of benzene rings is 2. The molecular formula is C16H16FNOS. The normalized spacial score (nSPS) is 10.3. The number of likely N-dealkylation sites (N-methyl/N-ethyl adjacent to an activating group) is 1. The van der Waals surface area contributed by atoms with Crippen LogP contribution < -0.4 is 4.90 Å². The number of hydrogen-bond donors (Lipinski definition) is 1. The van der Waals surface area contributed by atoms with Crippen LogP contribution in [0.25, 0.3) is 0 Å². The summed E-state index contributed by atoms with van der Waals surface area (Å²) in [6, 6.07) is 13.5. The van der Waals surface area contributed by atoms with Gasteiger partial charge in [-0.25, -0.2) is 4.39 Å². The van der Waals surface area contributed by atoms with Gasteiger partial charge in [0.2, 0.25) is 5.91 Å². The minimum atomic E-state index is -0.340. The largest absolute Gasteiger partial charge is 0.312 e. The van der Waals surface area contributed by atoms with Crippen molar-refractivity contribution in [3.8, 4) is 0 Å². The van der Waals surface area contributed by atoms with E-state index >= 15 is 0 Å². The number of amides is 1. The van der Waals surface area contributed by atoms with Crippen LogP contribution in [0.1, 0.15) is 12.5 Å². The highest BCUT2D eigenvalue weighted by molar-refractivity contribution is 7.80. The van der Waals surface area contributed by atoms with Gasteiger partial charge in [-0.15, -0.1) is 12.6 Å². The van der Waals surface area contributed by atoms with Gasteiger partial charge in [0.25, 0.3) is 0 Å². The number of halogens is 1. The van der Waals surface area contributed by atoms with E-state index in [2.05, 4.69) is 12.6 Å². The summed E-state index contributed by atoms with van der Waals surface area (Å²) in [5.41, 5.74) is 1.51. The highest BCUT2D eigenvalue weighted by Crippen LogP contribution is 2.17. The van der Waals surface area contributed by atoms with Crippen LogP contribution in [0, 0.1) is 5.82 Å². The van der Waals surface area contributed by atoms with Crippen molar-refractivity contribution in [3.05, 3.63) is 59.9 Å². The van der Waals surface area contributed by atoms with E-state index in [0.717, 1.165) is 10.5 Å². The Bertz CT molecular complexity index is 598. The van der Waals surface area contributed by atoms with Crippen LogP contribution in [-0.4, -0.2) is 12.5 Å². The molecule has 0 spiro atoms. The van der Waals surface area contributed by atoms with Gasteiger partial charge in [-0.05, 0) is 42.8 Å². The van der Waals surface area contributed by atoms with Crippen molar-refractivity contribution in [3.63, 3.8) is 0 Å².